The molecule has 4 N–H and O–H groups in total. The summed E-state index contributed by atoms with van der Waals surface area (Å²) < 4.78 is 64.5. The first-order valence-electron chi connectivity index (χ1n) is 3.72. The zero-order chi connectivity index (χ0) is 17.3. The molecule has 0 heterocycles. The predicted molar refractivity (Wildman–Crippen MR) is 51.2 cm³/mol. The van der Waals surface area contributed by atoms with E-state index in [1.165, 1.54) is 0 Å². The summed E-state index contributed by atoms with van der Waals surface area (Å²) >= 11 is 0. The summed E-state index contributed by atoms with van der Waals surface area (Å²) in [4.78, 5) is 64.0. The largest absolute Gasteiger partial charge is 1.00 e. The molecule has 0 aliphatic heterocycles. The first-order valence-corrected chi connectivity index (χ1v) is 11.2. The second-order valence-electron chi connectivity index (χ2n) is 2.65. The molecule has 0 saturated carbocycles. The Morgan fingerprint density at radius 2 is 0.792 bits per heavy atom. The van der Waals surface area contributed by atoms with Crippen LogP contribution in [-0.4, -0.2) is 19.6 Å². The fourth-order valence-corrected chi connectivity index (χ4v) is 5.87. The molecule has 4 atom stereocenters. The molecule has 0 radical (unpaired) electrons. The Bertz CT molecular complexity index is 559. The van der Waals surface area contributed by atoms with E-state index in [1.807, 2.05) is 0 Å². The van der Waals surface area contributed by atoms with Crippen molar-refractivity contribution in [1.82, 2.24) is 0 Å². The molecular formula is H4K3O16P5. The van der Waals surface area contributed by atoms with Gasteiger partial charge in [-0.25, -0.2) is 18.0 Å². The third-order valence-electron chi connectivity index (χ3n) is 0.822. The standard InChI is InChI=1S/3K.H7O16P5/c;;;1-17(2,3)13-19(7,8)15-21(11,12)16-20(9,10)14-18(4,5)6/h;;;(H,7,8)(H,9,10)(H,11,12)(H2,1,2,3)(H2,4,5,6)/q3*+1;/p-3. The average Bonchev–Trinajstić information content (AvgIpc) is 1.83. The van der Waals surface area contributed by atoms with Crippen LogP contribution < -0.4 is 169 Å². The van der Waals surface area contributed by atoms with Gasteiger partial charge in [0.05, 0.1) is 7.82 Å². The van der Waals surface area contributed by atoms with Crippen molar-refractivity contribution < 1.29 is 228 Å². The zero-order valence-corrected chi connectivity index (χ0v) is 25.8. The number of rotatable bonds is 8. The maximum atomic E-state index is 10.9. The molecule has 0 aromatic carbocycles. The van der Waals surface area contributed by atoms with Crippen molar-refractivity contribution in [2.24, 2.45) is 0 Å². The Kier molecular flexibility index (Phi) is 21.4. The van der Waals surface area contributed by atoms with Gasteiger partial charge in [-0.1, -0.05) is 0 Å². The molecule has 0 amide bonds. The van der Waals surface area contributed by atoms with Crippen LogP contribution in [0.15, 0.2) is 0 Å². The molecule has 0 aliphatic rings. The van der Waals surface area contributed by atoms with E-state index in [2.05, 4.69) is 17.2 Å². The zero-order valence-electron chi connectivity index (χ0n) is 11.9. The minimum atomic E-state index is -6.18. The smallest absolute Gasteiger partial charge is 0.789 e. The van der Waals surface area contributed by atoms with Gasteiger partial charge in [0.2, 0.25) is 0 Å². The summed E-state index contributed by atoms with van der Waals surface area (Å²) in [6.07, 6.45) is 0. The van der Waals surface area contributed by atoms with Crippen molar-refractivity contribution in [3.8, 4) is 0 Å². The summed E-state index contributed by atoms with van der Waals surface area (Å²) in [6, 6.07) is 0. The van der Waals surface area contributed by atoms with Crippen molar-refractivity contribution in [1.29, 1.82) is 0 Å². The van der Waals surface area contributed by atoms with Crippen molar-refractivity contribution in [3.63, 3.8) is 0 Å². The van der Waals surface area contributed by atoms with E-state index in [0.29, 0.717) is 0 Å². The van der Waals surface area contributed by atoms with E-state index in [-0.39, 0.29) is 154 Å². The maximum Gasteiger partial charge on any atom is 1.00 e. The number of phosphoric acid groups is 5. The van der Waals surface area contributed by atoms with Gasteiger partial charge in [-0.05, 0) is 0 Å². The van der Waals surface area contributed by atoms with Crippen molar-refractivity contribution in [2.45, 2.75) is 0 Å². The Morgan fingerprint density at radius 3 is 1.04 bits per heavy atom. The Morgan fingerprint density at radius 1 is 0.542 bits per heavy atom. The number of hydrogen-bond acceptors (Lipinski definition) is 12. The number of hydrogen-bond donors (Lipinski definition) is 4. The molecule has 0 bridgehead atoms. The summed E-state index contributed by atoms with van der Waals surface area (Å²) in [5, 5.41) is 0. The van der Waals surface area contributed by atoms with Crippen LogP contribution in [0.4, 0.5) is 0 Å². The summed E-state index contributed by atoms with van der Waals surface area (Å²) in [5.74, 6) is 0. The fourth-order valence-electron chi connectivity index (χ4n) is 0.562. The van der Waals surface area contributed by atoms with Crippen LogP contribution in [0.25, 0.3) is 0 Å². The van der Waals surface area contributed by atoms with Gasteiger partial charge in [0.25, 0.3) is 7.82 Å². The molecule has 0 rings (SSSR count). The quantitative estimate of drug-likeness (QED) is 0.167. The van der Waals surface area contributed by atoms with E-state index >= 15 is 0 Å². The second-order valence-corrected chi connectivity index (χ2v) is 9.90. The minimum absolute atomic E-state index is 0. The molecule has 0 aromatic heterocycles. The van der Waals surface area contributed by atoms with Crippen molar-refractivity contribution >= 4 is 39.1 Å². The molecule has 0 fully saturated rings. The third-order valence-corrected chi connectivity index (χ3v) is 7.40. The molecular weight excluding hydrogens is 528 g/mol. The predicted octanol–water partition coefficient (Wildman–Crippen LogP) is -11.3. The first kappa shape index (κ1) is 37.0. The summed E-state index contributed by atoms with van der Waals surface area (Å²) in [6.45, 7) is 0. The molecule has 4 unspecified atom stereocenters. The monoisotopic (exact) mass is 532 g/mol. The van der Waals surface area contributed by atoms with E-state index in [1.54, 1.807) is 0 Å². The van der Waals surface area contributed by atoms with Crippen LogP contribution in [0.1, 0.15) is 0 Å². The molecule has 128 valence electrons. The van der Waals surface area contributed by atoms with Crippen LogP contribution in [0.3, 0.4) is 0 Å². The molecule has 0 aromatic rings. The Balaban J connectivity index is -0.000000667. The van der Waals surface area contributed by atoms with Gasteiger partial charge < -0.3 is 38.8 Å². The third kappa shape index (κ3) is 22.3. The van der Waals surface area contributed by atoms with Crippen molar-refractivity contribution in [2.75, 3.05) is 0 Å². The molecule has 0 aliphatic carbocycles. The Labute approximate surface area is 261 Å². The van der Waals surface area contributed by atoms with Crippen LogP contribution in [0.5, 0.6) is 0 Å². The van der Waals surface area contributed by atoms with Gasteiger partial charge in [0.15, 0.2) is 0 Å². The molecule has 24 heavy (non-hydrogen) atoms. The van der Waals surface area contributed by atoms with E-state index in [4.69, 9.17) is 19.6 Å². The fraction of sp³-hybridized carbons (Fsp3) is 0. The van der Waals surface area contributed by atoms with Gasteiger partial charge in [0.1, 0.15) is 0 Å². The van der Waals surface area contributed by atoms with Gasteiger partial charge in [-0.3, -0.25) is 8.88 Å². The van der Waals surface area contributed by atoms with E-state index < -0.39 is 39.1 Å². The normalized spacial score (nSPS) is 21.3. The summed E-state index contributed by atoms with van der Waals surface area (Å²) in [5.41, 5.74) is 0. The topological polar surface area (TPSA) is 272 Å². The molecule has 16 nitrogen and oxygen atoms in total. The van der Waals surface area contributed by atoms with Crippen LogP contribution in [-0.2, 0) is 40.1 Å². The van der Waals surface area contributed by atoms with Gasteiger partial charge in [-0.15, -0.1) is 0 Å². The first-order chi connectivity index (χ1) is 8.83. The average molecular weight is 532 g/mol. The molecule has 0 spiro atoms. The van der Waals surface area contributed by atoms with Crippen LogP contribution in [0.2, 0.25) is 0 Å². The minimum Gasteiger partial charge on any atom is -0.789 e. The van der Waals surface area contributed by atoms with Crippen LogP contribution >= 0.6 is 39.1 Å². The Hall–Kier alpha value is 5.62. The van der Waals surface area contributed by atoms with E-state index in [0.717, 1.165) is 0 Å². The summed E-state index contributed by atoms with van der Waals surface area (Å²) in [7, 11) is -30.4. The molecule has 0 saturated heterocycles. The van der Waals surface area contributed by atoms with Gasteiger partial charge in [0, 0.05) is 0 Å². The van der Waals surface area contributed by atoms with Crippen molar-refractivity contribution in [3.05, 3.63) is 0 Å². The second kappa shape index (κ2) is 13.9. The van der Waals surface area contributed by atoms with Gasteiger partial charge >= 0.3 is 178 Å². The molecule has 24 heteroatoms. The maximum absolute atomic E-state index is 10.9. The van der Waals surface area contributed by atoms with E-state index in [9.17, 15) is 37.5 Å². The van der Waals surface area contributed by atoms with Gasteiger partial charge in [-0.2, -0.15) is 8.62 Å². The van der Waals surface area contributed by atoms with Crippen LogP contribution in [0, 0.1) is 0 Å². The SMILES string of the molecule is O=P([O-])([O-])OP(=O)(O)OP(=O)(O)OP(=O)(O)OP(=O)([O-])O.[K+].[K+].[K+].